The van der Waals surface area contributed by atoms with Crippen LogP contribution < -0.4 is 10.2 Å². The first-order valence-corrected chi connectivity index (χ1v) is 8.62. The standard InChI is InChI=1S/C20H17N3O3/c1-22-11-13-16(18(25)23(17(13)24)12-7-3-2-4-8-12)20(22)14-9-5-6-10-15(14)21-19(20)26/h2-10,13,16H,11H2,1H3,(H,21,26). The van der Waals surface area contributed by atoms with E-state index >= 15 is 0 Å². The number of anilines is 2. The molecular formula is C20H17N3O3. The molecule has 0 radical (unpaired) electrons. The number of nitrogens with zero attached hydrogens (tertiary/aromatic N) is 2. The molecule has 5 rings (SSSR count). The molecule has 6 nitrogen and oxygen atoms in total. The van der Waals surface area contributed by atoms with Gasteiger partial charge in [-0.1, -0.05) is 36.4 Å². The summed E-state index contributed by atoms with van der Waals surface area (Å²) in [6.07, 6.45) is 0. The maximum Gasteiger partial charge on any atom is 0.250 e. The molecule has 3 amide bonds. The van der Waals surface area contributed by atoms with Gasteiger partial charge in [-0.3, -0.25) is 19.3 Å². The van der Waals surface area contributed by atoms with Crippen LogP contribution >= 0.6 is 0 Å². The van der Waals surface area contributed by atoms with Crippen molar-refractivity contribution in [1.29, 1.82) is 0 Å². The number of benzene rings is 2. The van der Waals surface area contributed by atoms with E-state index in [0.717, 1.165) is 5.56 Å². The largest absolute Gasteiger partial charge is 0.324 e. The molecular weight excluding hydrogens is 330 g/mol. The first-order chi connectivity index (χ1) is 12.6. The number of likely N-dealkylation sites (N-methyl/N-ethyl adjacent to an activating group) is 1. The van der Waals surface area contributed by atoms with Crippen LogP contribution in [0.2, 0.25) is 0 Å². The van der Waals surface area contributed by atoms with Crippen molar-refractivity contribution in [2.24, 2.45) is 11.8 Å². The molecule has 1 N–H and O–H groups in total. The maximum absolute atomic E-state index is 13.4. The molecule has 3 atom stereocenters. The van der Waals surface area contributed by atoms with Gasteiger partial charge in [0, 0.05) is 17.8 Å². The highest BCUT2D eigenvalue weighted by Crippen LogP contribution is 2.55. The number of imide groups is 1. The van der Waals surface area contributed by atoms with Gasteiger partial charge in [-0.15, -0.1) is 0 Å². The van der Waals surface area contributed by atoms with Gasteiger partial charge in [0.2, 0.25) is 17.7 Å². The van der Waals surface area contributed by atoms with E-state index in [1.807, 2.05) is 42.3 Å². The van der Waals surface area contributed by atoms with Gasteiger partial charge in [-0.25, -0.2) is 4.90 Å². The number of amides is 3. The first kappa shape index (κ1) is 15.3. The van der Waals surface area contributed by atoms with Gasteiger partial charge in [0.25, 0.3) is 0 Å². The Bertz CT molecular complexity index is 958. The fourth-order valence-electron chi connectivity index (χ4n) is 4.84. The second-order valence-corrected chi connectivity index (χ2v) is 7.08. The monoisotopic (exact) mass is 347 g/mol. The topological polar surface area (TPSA) is 69.7 Å². The summed E-state index contributed by atoms with van der Waals surface area (Å²) in [7, 11) is 1.81. The predicted octanol–water partition coefficient (Wildman–Crippen LogP) is 1.59. The number of carbonyl (C=O) groups excluding carboxylic acids is 3. The average molecular weight is 347 g/mol. The highest BCUT2D eigenvalue weighted by atomic mass is 16.2. The predicted molar refractivity (Wildman–Crippen MR) is 95.3 cm³/mol. The zero-order chi connectivity index (χ0) is 18.1. The van der Waals surface area contributed by atoms with Gasteiger partial charge < -0.3 is 5.32 Å². The Morgan fingerprint density at radius 3 is 2.42 bits per heavy atom. The Morgan fingerprint density at radius 2 is 1.65 bits per heavy atom. The van der Waals surface area contributed by atoms with Crippen LogP contribution in [0.25, 0.3) is 0 Å². The van der Waals surface area contributed by atoms with E-state index in [1.165, 1.54) is 4.90 Å². The Morgan fingerprint density at radius 1 is 0.962 bits per heavy atom. The molecule has 26 heavy (non-hydrogen) atoms. The summed E-state index contributed by atoms with van der Waals surface area (Å²) in [6.45, 7) is 0.375. The van der Waals surface area contributed by atoms with Gasteiger partial charge in [-0.05, 0) is 25.2 Å². The lowest BCUT2D eigenvalue weighted by molar-refractivity contribution is -0.134. The van der Waals surface area contributed by atoms with Crippen molar-refractivity contribution >= 4 is 29.1 Å². The zero-order valence-corrected chi connectivity index (χ0v) is 14.2. The number of hydrogen-bond acceptors (Lipinski definition) is 4. The first-order valence-electron chi connectivity index (χ1n) is 8.62. The lowest BCUT2D eigenvalue weighted by Crippen LogP contribution is -2.52. The number of hydrogen-bond donors (Lipinski definition) is 1. The molecule has 1 spiro atoms. The molecule has 6 heteroatoms. The fraction of sp³-hybridized carbons (Fsp3) is 0.250. The Kier molecular flexibility index (Phi) is 2.95. The summed E-state index contributed by atoms with van der Waals surface area (Å²) in [5.74, 6) is -2.01. The van der Waals surface area contributed by atoms with Crippen LogP contribution in [0, 0.1) is 11.8 Å². The molecule has 2 fully saturated rings. The minimum absolute atomic E-state index is 0.230. The van der Waals surface area contributed by atoms with E-state index in [0.29, 0.717) is 17.9 Å². The third kappa shape index (κ3) is 1.62. The Balaban J connectivity index is 1.68. The second kappa shape index (κ2) is 5.02. The third-order valence-electron chi connectivity index (χ3n) is 5.90. The van der Waals surface area contributed by atoms with Crippen molar-refractivity contribution in [1.82, 2.24) is 4.90 Å². The minimum atomic E-state index is -1.13. The Hall–Kier alpha value is -2.99. The highest BCUT2D eigenvalue weighted by molar-refractivity contribution is 6.25. The van der Waals surface area contributed by atoms with Crippen LogP contribution in [0.4, 0.5) is 11.4 Å². The van der Waals surface area contributed by atoms with Crippen LogP contribution in [0.15, 0.2) is 54.6 Å². The summed E-state index contributed by atoms with van der Waals surface area (Å²) in [6, 6.07) is 16.3. The lowest BCUT2D eigenvalue weighted by Gasteiger charge is -2.34. The Labute approximate surface area is 150 Å². The van der Waals surface area contributed by atoms with Crippen LogP contribution in [0.5, 0.6) is 0 Å². The average Bonchev–Trinajstić information content (AvgIpc) is 3.20. The van der Waals surface area contributed by atoms with Crippen molar-refractivity contribution in [2.45, 2.75) is 5.54 Å². The molecule has 2 saturated heterocycles. The lowest BCUT2D eigenvalue weighted by atomic mass is 9.77. The maximum atomic E-state index is 13.4. The van der Waals surface area contributed by atoms with Gasteiger partial charge in [-0.2, -0.15) is 0 Å². The summed E-state index contributed by atoms with van der Waals surface area (Å²) >= 11 is 0. The molecule has 0 aromatic heterocycles. The number of para-hydroxylation sites is 2. The molecule has 3 aliphatic heterocycles. The molecule has 3 aliphatic rings. The number of likely N-dealkylation sites (tertiary alicyclic amines) is 1. The van der Waals surface area contributed by atoms with E-state index < -0.39 is 17.4 Å². The quantitative estimate of drug-likeness (QED) is 0.796. The molecule has 0 saturated carbocycles. The van der Waals surface area contributed by atoms with Crippen LogP contribution in [0.3, 0.4) is 0 Å². The molecule has 130 valence electrons. The summed E-state index contributed by atoms with van der Waals surface area (Å²) in [4.78, 5) is 42.6. The smallest absolute Gasteiger partial charge is 0.250 e. The molecule has 2 aromatic carbocycles. The number of rotatable bonds is 1. The SMILES string of the molecule is CN1CC2C(=O)N(c3ccccc3)C(=O)C2C12C(=O)Nc1ccccc12. The summed E-state index contributed by atoms with van der Waals surface area (Å²) in [5.41, 5.74) is 0.915. The van der Waals surface area contributed by atoms with Crippen molar-refractivity contribution < 1.29 is 14.4 Å². The highest BCUT2D eigenvalue weighted by Gasteiger charge is 2.70. The molecule has 2 aromatic rings. The van der Waals surface area contributed by atoms with Crippen LogP contribution in [-0.4, -0.2) is 36.2 Å². The van der Waals surface area contributed by atoms with Gasteiger partial charge in [0.05, 0.1) is 17.5 Å². The summed E-state index contributed by atoms with van der Waals surface area (Å²) < 4.78 is 0. The molecule has 0 bridgehead atoms. The number of fused-ring (bicyclic) bond motifs is 4. The van der Waals surface area contributed by atoms with E-state index in [9.17, 15) is 14.4 Å². The van der Waals surface area contributed by atoms with E-state index in [2.05, 4.69) is 5.32 Å². The zero-order valence-electron chi connectivity index (χ0n) is 14.2. The normalized spacial score (nSPS) is 30.0. The van der Waals surface area contributed by atoms with Gasteiger partial charge >= 0.3 is 0 Å². The number of nitrogens with one attached hydrogen (secondary N) is 1. The van der Waals surface area contributed by atoms with Crippen LogP contribution in [0.1, 0.15) is 5.56 Å². The van der Waals surface area contributed by atoms with Crippen LogP contribution in [-0.2, 0) is 19.9 Å². The molecule has 0 aliphatic carbocycles. The van der Waals surface area contributed by atoms with E-state index in [1.54, 1.807) is 24.3 Å². The molecule has 3 heterocycles. The van der Waals surface area contributed by atoms with Gasteiger partial charge in [0.1, 0.15) is 5.54 Å². The van der Waals surface area contributed by atoms with E-state index in [-0.39, 0.29) is 17.7 Å². The summed E-state index contributed by atoms with van der Waals surface area (Å²) in [5, 5.41) is 2.90. The molecule has 3 unspecified atom stereocenters. The number of carbonyl (C=O) groups is 3. The minimum Gasteiger partial charge on any atom is -0.324 e. The van der Waals surface area contributed by atoms with Crippen molar-refractivity contribution in [2.75, 3.05) is 23.8 Å². The second-order valence-electron chi connectivity index (χ2n) is 7.08. The van der Waals surface area contributed by atoms with Crippen molar-refractivity contribution in [3.63, 3.8) is 0 Å². The van der Waals surface area contributed by atoms with E-state index in [4.69, 9.17) is 0 Å². The van der Waals surface area contributed by atoms with Crippen molar-refractivity contribution in [3.05, 3.63) is 60.2 Å². The van der Waals surface area contributed by atoms with Crippen molar-refractivity contribution in [3.8, 4) is 0 Å². The van der Waals surface area contributed by atoms with Gasteiger partial charge in [0.15, 0.2) is 0 Å². The third-order valence-corrected chi connectivity index (χ3v) is 5.90. The fourth-order valence-corrected chi connectivity index (χ4v) is 4.84.